The van der Waals surface area contributed by atoms with Gasteiger partial charge in [-0.25, -0.2) is 0 Å². The average molecular weight is 291 g/mol. The van der Waals surface area contributed by atoms with E-state index in [2.05, 4.69) is 4.74 Å². The van der Waals surface area contributed by atoms with Crippen molar-refractivity contribution in [3.63, 3.8) is 0 Å². The molecule has 0 saturated carbocycles. The predicted octanol–water partition coefficient (Wildman–Crippen LogP) is 4.31. The molecule has 3 nitrogen and oxygen atoms in total. The Morgan fingerprint density at radius 2 is 1.95 bits per heavy atom. The van der Waals surface area contributed by atoms with Crippen LogP contribution in [0.15, 0.2) is 34.7 Å². The van der Waals surface area contributed by atoms with Gasteiger partial charge in [0.1, 0.15) is 11.5 Å². The van der Waals surface area contributed by atoms with Crippen LogP contribution < -0.4 is 4.74 Å². The molecule has 1 heterocycles. The van der Waals surface area contributed by atoms with E-state index in [1.54, 1.807) is 0 Å². The van der Waals surface area contributed by atoms with Gasteiger partial charge < -0.3 is 9.15 Å². The van der Waals surface area contributed by atoms with E-state index in [4.69, 9.17) is 16.0 Å². The van der Waals surface area contributed by atoms with Gasteiger partial charge in [0.05, 0.1) is 5.02 Å². The number of alkyl halides is 3. The van der Waals surface area contributed by atoms with Crippen LogP contribution in [0.4, 0.5) is 13.2 Å². The normalized spacial score (nSPS) is 11.4. The number of halogens is 4. The quantitative estimate of drug-likeness (QED) is 0.791. The Morgan fingerprint density at radius 1 is 1.21 bits per heavy atom. The molecule has 1 aromatic heterocycles. The summed E-state index contributed by atoms with van der Waals surface area (Å²) in [6, 6.07) is 6.37. The Balaban J connectivity index is 2.31. The minimum absolute atomic E-state index is 0.0218. The second kappa shape index (κ2) is 4.97. The third-order valence-electron chi connectivity index (χ3n) is 2.18. The van der Waals surface area contributed by atoms with Crippen LogP contribution in [0.25, 0.3) is 11.3 Å². The van der Waals surface area contributed by atoms with E-state index in [1.165, 1.54) is 18.2 Å². The van der Waals surface area contributed by atoms with Gasteiger partial charge >= 0.3 is 6.36 Å². The molecular weight excluding hydrogens is 285 g/mol. The first-order valence-electron chi connectivity index (χ1n) is 5.00. The highest BCUT2D eigenvalue weighted by Gasteiger charge is 2.31. The summed E-state index contributed by atoms with van der Waals surface area (Å²) < 4.78 is 44.9. The minimum Gasteiger partial charge on any atom is -0.453 e. The molecule has 0 fully saturated rings. The SMILES string of the molecule is O=Cc1ccc(-c2ccc(OC(F)(F)F)cc2Cl)o1. The van der Waals surface area contributed by atoms with E-state index >= 15 is 0 Å². The van der Waals surface area contributed by atoms with Gasteiger partial charge in [0.2, 0.25) is 0 Å². The van der Waals surface area contributed by atoms with Gasteiger partial charge in [0, 0.05) is 5.56 Å². The fraction of sp³-hybridized carbons (Fsp3) is 0.0833. The zero-order valence-corrected chi connectivity index (χ0v) is 9.96. The second-order valence-corrected chi connectivity index (χ2v) is 3.92. The number of ether oxygens (including phenoxy) is 1. The fourth-order valence-electron chi connectivity index (χ4n) is 1.45. The molecule has 100 valence electrons. The van der Waals surface area contributed by atoms with Gasteiger partial charge in [-0.15, -0.1) is 13.2 Å². The number of benzene rings is 1. The van der Waals surface area contributed by atoms with Gasteiger partial charge in [-0.2, -0.15) is 0 Å². The van der Waals surface area contributed by atoms with Crippen LogP contribution in [-0.4, -0.2) is 12.6 Å². The van der Waals surface area contributed by atoms with E-state index in [0.717, 1.165) is 12.1 Å². The lowest BCUT2D eigenvalue weighted by atomic mass is 10.1. The molecule has 0 amide bonds. The van der Waals surface area contributed by atoms with Gasteiger partial charge in [-0.3, -0.25) is 4.79 Å². The molecule has 2 aromatic rings. The molecule has 0 aliphatic rings. The zero-order valence-electron chi connectivity index (χ0n) is 9.20. The lowest BCUT2D eigenvalue weighted by Gasteiger charge is -2.10. The van der Waals surface area contributed by atoms with Crippen molar-refractivity contribution >= 4 is 17.9 Å². The van der Waals surface area contributed by atoms with Gasteiger partial charge in [-0.1, -0.05) is 11.6 Å². The first kappa shape index (κ1) is 13.5. The maximum Gasteiger partial charge on any atom is 0.573 e. The van der Waals surface area contributed by atoms with Gasteiger partial charge in [0.15, 0.2) is 12.0 Å². The Hall–Kier alpha value is -1.95. The van der Waals surface area contributed by atoms with Crippen molar-refractivity contribution in [2.75, 3.05) is 0 Å². The predicted molar refractivity (Wildman–Crippen MR) is 61.2 cm³/mol. The number of aldehydes is 1. The Kier molecular flexibility index (Phi) is 3.53. The van der Waals surface area contributed by atoms with Crippen molar-refractivity contribution in [1.29, 1.82) is 0 Å². The molecule has 0 unspecified atom stereocenters. The van der Waals surface area contributed by atoms with Crippen LogP contribution in [0, 0.1) is 0 Å². The van der Waals surface area contributed by atoms with Crippen molar-refractivity contribution in [3.8, 4) is 17.1 Å². The van der Waals surface area contributed by atoms with E-state index in [1.807, 2.05) is 0 Å². The van der Waals surface area contributed by atoms with E-state index < -0.39 is 12.1 Å². The number of carbonyl (C=O) groups is 1. The van der Waals surface area contributed by atoms with Crippen LogP contribution in [0.2, 0.25) is 5.02 Å². The molecule has 1 aromatic carbocycles. The highest BCUT2D eigenvalue weighted by atomic mass is 35.5. The summed E-state index contributed by atoms with van der Waals surface area (Å²) in [4.78, 5) is 10.5. The van der Waals surface area contributed by atoms with E-state index in [0.29, 0.717) is 11.8 Å². The number of hydrogen-bond donors (Lipinski definition) is 0. The standard InChI is InChI=1S/C12H6ClF3O3/c13-10-5-7(19-12(14,15)16)1-3-9(10)11-4-2-8(6-17)18-11/h1-6H. The largest absolute Gasteiger partial charge is 0.573 e. The van der Waals surface area contributed by atoms with Crippen LogP contribution in [0.1, 0.15) is 10.6 Å². The summed E-state index contributed by atoms with van der Waals surface area (Å²) in [6.45, 7) is 0. The summed E-state index contributed by atoms with van der Waals surface area (Å²) in [5.74, 6) is -0.0456. The molecule has 0 atom stereocenters. The topological polar surface area (TPSA) is 39.4 Å². The third kappa shape index (κ3) is 3.29. The molecule has 0 radical (unpaired) electrons. The maximum atomic E-state index is 12.0. The van der Waals surface area contributed by atoms with Crippen molar-refractivity contribution in [1.82, 2.24) is 0 Å². The molecule has 0 aliphatic heterocycles. The number of hydrogen-bond acceptors (Lipinski definition) is 3. The van der Waals surface area contributed by atoms with Crippen LogP contribution >= 0.6 is 11.6 Å². The van der Waals surface area contributed by atoms with E-state index in [9.17, 15) is 18.0 Å². The molecule has 0 bridgehead atoms. The summed E-state index contributed by atoms with van der Waals surface area (Å²) in [5, 5.41) is 0.0218. The summed E-state index contributed by atoms with van der Waals surface area (Å²) in [5.41, 5.74) is 0.365. The average Bonchev–Trinajstić information content (AvgIpc) is 2.75. The van der Waals surface area contributed by atoms with Gasteiger partial charge in [0.25, 0.3) is 0 Å². The monoisotopic (exact) mass is 290 g/mol. The third-order valence-corrected chi connectivity index (χ3v) is 2.50. The Labute approximate surface area is 110 Å². The van der Waals surface area contributed by atoms with Crippen molar-refractivity contribution in [3.05, 3.63) is 41.1 Å². The molecule has 0 aliphatic carbocycles. The van der Waals surface area contributed by atoms with Crippen LogP contribution in [-0.2, 0) is 0 Å². The lowest BCUT2D eigenvalue weighted by molar-refractivity contribution is -0.274. The summed E-state index contributed by atoms with van der Waals surface area (Å²) >= 11 is 5.85. The molecule has 0 saturated heterocycles. The molecule has 19 heavy (non-hydrogen) atoms. The molecule has 2 rings (SSSR count). The van der Waals surface area contributed by atoms with Crippen LogP contribution in [0.5, 0.6) is 5.75 Å². The molecule has 0 spiro atoms. The Bertz CT molecular complexity index is 605. The Morgan fingerprint density at radius 3 is 2.47 bits per heavy atom. The highest BCUT2D eigenvalue weighted by molar-refractivity contribution is 6.33. The molecule has 0 N–H and O–H groups in total. The number of furan rings is 1. The molecule has 7 heteroatoms. The van der Waals surface area contributed by atoms with Crippen molar-refractivity contribution in [2.24, 2.45) is 0 Å². The maximum absolute atomic E-state index is 12.0. The smallest absolute Gasteiger partial charge is 0.453 e. The van der Waals surface area contributed by atoms with Gasteiger partial charge in [-0.05, 0) is 30.3 Å². The number of rotatable bonds is 3. The van der Waals surface area contributed by atoms with E-state index in [-0.39, 0.29) is 16.5 Å². The summed E-state index contributed by atoms with van der Waals surface area (Å²) in [7, 11) is 0. The first-order chi connectivity index (χ1) is 8.89. The second-order valence-electron chi connectivity index (χ2n) is 3.51. The minimum atomic E-state index is -4.78. The van der Waals surface area contributed by atoms with Crippen molar-refractivity contribution < 1.29 is 27.1 Å². The first-order valence-corrected chi connectivity index (χ1v) is 5.37. The van der Waals surface area contributed by atoms with Crippen LogP contribution in [0.3, 0.4) is 0 Å². The highest BCUT2D eigenvalue weighted by Crippen LogP contribution is 2.33. The fourth-order valence-corrected chi connectivity index (χ4v) is 1.72. The van der Waals surface area contributed by atoms with Crippen molar-refractivity contribution in [2.45, 2.75) is 6.36 Å². The number of carbonyl (C=O) groups excluding carboxylic acids is 1. The summed E-state index contributed by atoms with van der Waals surface area (Å²) in [6.07, 6.45) is -4.27. The molecular formula is C12H6ClF3O3. The lowest BCUT2D eigenvalue weighted by Crippen LogP contribution is -2.17. The zero-order chi connectivity index (χ0) is 14.0.